The monoisotopic (exact) mass is 244 g/mol. The van der Waals surface area contributed by atoms with Crippen molar-refractivity contribution in [3.63, 3.8) is 0 Å². The zero-order valence-corrected chi connectivity index (χ0v) is 10.9. The second kappa shape index (κ2) is 4.69. The Morgan fingerprint density at radius 1 is 1.06 bits per heavy atom. The van der Waals surface area contributed by atoms with Gasteiger partial charge in [-0.2, -0.15) is 0 Å². The van der Waals surface area contributed by atoms with Crippen LogP contribution in [0.1, 0.15) is 11.1 Å². The van der Waals surface area contributed by atoms with E-state index >= 15 is 0 Å². The van der Waals surface area contributed by atoms with Crippen molar-refractivity contribution in [2.45, 2.75) is 13.8 Å². The third kappa shape index (κ3) is 2.30. The van der Waals surface area contributed by atoms with Crippen LogP contribution in [0.4, 0.5) is 21.5 Å². The summed E-state index contributed by atoms with van der Waals surface area (Å²) in [6, 6.07) is 11.0. The van der Waals surface area contributed by atoms with E-state index < -0.39 is 0 Å². The van der Waals surface area contributed by atoms with Crippen LogP contribution >= 0.6 is 0 Å². The van der Waals surface area contributed by atoms with Crippen molar-refractivity contribution in [1.82, 2.24) is 0 Å². The first kappa shape index (κ1) is 12.4. The van der Waals surface area contributed by atoms with Gasteiger partial charge >= 0.3 is 0 Å². The summed E-state index contributed by atoms with van der Waals surface area (Å²) in [5, 5.41) is 0. The van der Waals surface area contributed by atoms with E-state index in [-0.39, 0.29) is 5.82 Å². The van der Waals surface area contributed by atoms with Gasteiger partial charge in [0.2, 0.25) is 0 Å². The fraction of sp³-hybridized carbons (Fsp3) is 0.200. The smallest absolute Gasteiger partial charge is 0.126 e. The molecule has 0 unspecified atom stereocenters. The fourth-order valence-electron chi connectivity index (χ4n) is 1.96. The number of hydrogen-bond acceptors (Lipinski definition) is 2. The lowest BCUT2D eigenvalue weighted by molar-refractivity contribution is 0.618. The molecule has 0 spiro atoms. The van der Waals surface area contributed by atoms with E-state index in [1.807, 2.05) is 43.1 Å². The Morgan fingerprint density at radius 3 is 2.39 bits per heavy atom. The van der Waals surface area contributed by atoms with E-state index in [9.17, 15) is 4.39 Å². The molecule has 0 saturated heterocycles. The van der Waals surface area contributed by atoms with Crippen LogP contribution in [0.2, 0.25) is 0 Å². The summed E-state index contributed by atoms with van der Waals surface area (Å²) < 4.78 is 13.3. The summed E-state index contributed by atoms with van der Waals surface area (Å²) in [5.74, 6) is -0.191. The van der Waals surface area contributed by atoms with Crippen LogP contribution in [0.25, 0.3) is 0 Å². The highest BCUT2D eigenvalue weighted by Crippen LogP contribution is 2.30. The molecule has 0 aliphatic rings. The van der Waals surface area contributed by atoms with Crippen LogP contribution in [0.15, 0.2) is 36.4 Å². The maximum atomic E-state index is 13.3. The molecule has 94 valence electrons. The van der Waals surface area contributed by atoms with Gasteiger partial charge in [0.25, 0.3) is 0 Å². The highest BCUT2D eigenvalue weighted by atomic mass is 19.1. The predicted octanol–water partition coefficient (Wildman–Crippen LogP) is 3.79. The zero-order valence-electron chi connectivity index (χ0n) is 10.9. The van der Waals surface area contributed by atoms with Crippen molar-refractivity contribution >= 4 is 17.1 Å². The molecule has 0 aromatic heterocycles. The lowest BCUT2D eigenvalue weighted by Gasteiger charge is -2.22. The van der Waals surface area contributed by atoms with Crippen molar-refractivity contribution in [1.29, 1.82) is 0 Å². The zero-order chi connectivity index (χ0) is 13.3. The van der Waals surface area contributed by atoms with E-state index in [4.69, 9.17) is 5.73 Å². The molecular weight excluding hydrogens is 227 g/mol. The average molecular weight is 244 g/mol. The molecule has 2 aromatic carbocycles. The van der Waals surface area contributed by atoms with E-state index in [1.54, 1.807) is 13.0 Å². The number of nitrogen functional groups attached to an aromatic ring is 1. The second-order valence-corrected chi connectivity index (χ2v) is 4.55. The van der Waals surface area contributed by atoms with Crippen molar-refractivity contribution < 1.29 is 4.39 Å². The molecule has 0 aliphatic heterocycles. The molecule has 2 nitrogen and oxygen atoms in total. The van der Waals surface area contributed by atoms with Gasteiger partial charge in [-0.15, -0.1) is 0 Å². The maximum absolute atomic E-state index is 13.3. The summed E-state index contributed by atoms with van der Waals surface area (Å²) in [7, 11) is 1.92. The number of aryl methyl sites for hydroxylation is 2. The van der Waals surface area contributed by atoms with Crippen LogP contribution in [0.3, 0.4) is 0 Å². The molecule has 0 aliphatic carbocycles. The molecule has 0 heterocycles. The molecule has 0 saturated carbocycles. The molecule has 2 aromatic rings. The van der Waals surface area contributed by atoms with E-state index in [2.05, 4.69) is 0 Å². The summed E-state index contributed by atoms with van der Waals surface area (Å²) in [5.41, 5.74) is 10.3. The van der Waals surface area contributed by atoms with Crippen molar-refractivity contribution in [3.05, 3.63) is 53.3 Å². The Hall–Kier alpha value is -2.03. The summed E-state index contributed by atoms with van der Waals surface area (Å²) in [6.07, 6.45) is 0. The Labute approximate surface area is 107 Å². The Balaban J connectivity index is 2.41. The highest BCUT2D eigenvalue weighted by Gasteiger charge is 2.09. The summed E-state index contributed by atoms with van der Waals surface area (Å²) in [6.45, 7) is 3.76. The first-order chi connectivity index (χ1) is 8.49. The molecule has 0 radical (unpaired) electrons. The Morgan fingerprint density at radius 2 is 1.78 bits per heavy atom. The van der Waals surface area contributed by atoms with Gasteiger partial charge in [-0.25, -0.2) is 4.39 Å². The Bertz CT molecular complexity index is 579. The van der Waals surface area contributed by atoms with Crippen molar-refractivity contribution in [3.8, 4) is 0 Å². The van der Waals surface area contributed by atoms with Gasteiger partial charge in [0.05, 0.1) is 11.4 Å². The van der Waals surface area contributed by atoms with Crippen LogP contribution in [-0.2, 0) is 0 Å². The number of nitrogens with two attached hydrogens (primary N) is 1. The van der Waals surface area contributed by atoms with Crippen LogP contribution in [0.5, 0.6) is 0 Å². The molecule has 0 atom stereocenters. The van der Waals surface area contributed by atoms with Gasteiger partial charge in [-0.05, 0) is 55.3 Å². The van der Waals surface area contributed by atoms with E-state index in [0.717, 1.165) is 22.6 Å². The summed E-state index contributed by atoms with van der Waals surface area (Å²) in [4.78, 5) is 1.96. The summed E-state index contributed by atoms with van der Waals surface area (Å²) >= 11 is 0. The van der Waals surface area contributed by atoms with Gasteiger partial charge in [0, 0.05) is 12.7 Å². The molecule has 0 bridgehead atoms. The van der Waals surface area contributed by atoms with Crippen LogP contribution in [0, 0.1) is 19.7 Å². The second-order valence-electron chi connectivity index (χ2n) is 4.55. The molecule has 2 rings (SSSR count). The first-order valence-electron chi connectivity index (χ1n) is 5.85. The molecular formula is C15H17FN2. The average Bonchev–Trinajstić information content (AvgIpc) is 2.32. The molecule has 0 amide bonds. The van der Waals surface area contributed by atoms with Gasteiger partial charge < -0.3 is 10.6 Å². The Kier molecular flexibility index (Phi) is 3.24. The lowest BCUT2D eigenvalue weighted by Crippen LogP contribution is -2.12. The quantitative estimate of drug-likeness (QED) is 0.814. The third-order valence-corrected chi connectivity index (χ3v) is 3.07. The molecule has 18 heavy (non-hydrogen) atoms. The van der Waals surface area contributed by atoms with Gasteiger partial charge in [0.15, 0.2) is 0 Å². The van der Waals surface area contributed by atoms with Crippen LogP contribution < -0.4 is 10.6 Å². The molecule has 0 fully saturated rings. The number of nitrogens with zero attached hydrogens (tertiary/aromatic N) is 1. The first-order valence-corrected chi connectivity index (χ1v) is 5.85. The van der Waals surface area contributed by atoms with Crippen molar-refractivity contribution in [2.75, 3.05) is 17.7 Å². The predicted molar refractivity (Wildman–Crippen MR) is 74.8 cm³/mol. The minimum absolute atomic E-state index is 0.191. The number of halogens is 1. The number of anilines is 3. The third-order valence-electron chi connectivity index (χ3n) is 3.07. The van der Waals surface area contributed by atoms with Gasteiger partial charge in [0.1, 0.15) is 5.82 Å². The van der Waals surface area contributed by atoms with Crippen molar-refractivity contribution in [2.24, 2.45) is 0 Å². The fourth-order valence-corrected chi connectivity index (χ4v) is 1.96. The van der Waals surface area contributed by atoms with E-state index in [1.165, 1.54) is 6.07 Å². The topological polar surface area (TPSA) is 29.3 Å². The minimum Gasteiger partial charge on any atom is -0.397 e. The SMILES string of the molecule is Cc1ccc(N(C)c2ccc(F)c(C)c2)c(N)c1. The lowest BCUT2D eigenvalue weighted by atomic mass is 10.1. The minimum atomic E-state index is -0.191. The standard InChI is InChI=1S/C15H17FN2/c1-10-4-7-15(14(17)8-10)18(3)12-5-6-13(16)11(2)9-12/h4-9H,17H2,1-3H3. The van der Waals surface area contributed by atoms with Gasteiger partial charge in [-0.3, -0.25) is 0 Å². The van der Waals surface area contributed by atoms with E-state index in [0.29, 0.717) is 5.56 Å². The number of hydrogen-bond donors (Lipinski definition) is 1. The molecule has 2 N–H and O–H groups in total. The number of rotatable bonds is 2. The highest BCUT2D eigenvalue weighted by molar-refractivity contribution is 5.75. The molecule has 3 heteroatoms. The van der Waals surface area contributed by atoms with Crippen LogP contribution in [-0.4, -0.2) is 7.05 Å². The van der Waals surface area contributed by atoms with Gasteiger partial charge in [-0.1, -0.05) is 6.07 Å². The number of benzene rings is 2. The maximum Gasteiger partial charge on any atom is 0.126 e. The largest absolute Gasteiger partial charge is 0.397 e. The normalized spacial score (nSPS) is 10.4.